The highest BCUT2D eigenvalue weighted by molar-refractivity contribution is 7.15. The van der Waals surface area contributed by atoms with E-state index in [4.69, 9.17) is 5.26 Å². The van der Waals surface area contributed by atoms with Gasteiger partial charge in [0, 0.05) is 23.0 Å². The molecule has 0 aromatic carbocycles. The Balaban J connectivity index is 1.55. The van der Waals surface area contributed by atoms with Gasteiger partial charge in [0.1, 0.15) is 0 Å². The van der Waals surface area contributed by atoms with Gasteiger partial charge in [0.05, 0.1) is 0 Å². The first-order valence-electron chi connectivity index (χ1n) is 8.67. The van der Waals surface area contributed by atoms with Crippen molar-refractivity contribution in [2.45, 2.75) is 69.7 Å². The Morgan fingerprint density at radius 1 is 1.22 bits per heavy atom. The number of carbonyl (C=O) groups excluding carboxylic acids is 1. The molecule has 2 atom stereocenters. The fraction of sp³-hybridized carbons (Fsp3) is 0.706. The Kier molecular flexibility index (Phi) is 5.50. The number of anilines is 1. The molecular weight excluding hydrogens is 308 g/mol. The monoisotopic (exact) mass is 332 g/mol. The number of amides is 1. The minimum Gasteiger partial charge on any atom is -0.321 e. The first-order chi connectivity index (χ1) is 11.3. The van der Waals surface area contributed by atoms with Crippen LogP contribution in [0.25, 0.3) is 0 Å². The lowest BCUT2D eigenvalue weighted by Crippen LogP contribution is -2.36. The van der Waals surface area contributed by atoms with Gasteiger partial charge in [0.2, 0.25) is 5.91 Å². The van der Waals surface area contributed by atoms with Crippen LogP contribution in [-0.4, -0.2) is 16.9 Å². The zero-order valence-corrected chi connectivity index (χ0v) is 14.2. The summed E-state index contributed by atoms with van der Waals surface area (Å²) < 4.78 is 0. The molecule has 0 radical (unpaired) electrons. The van der Waals surface area contributed by atoms with Gasteiger partial charge in [-0.25, -0.2) is 4.98 Å². The van der Waals surface area contributed by atoms with E-state index in [0.717, 1.165) is 30.8 Å². The summed E-state index contributed by atoms with van der Waals surface area (Å²) in [6, 6.07) is 0.138. The summed E-state index contributed by atoms with van der Waals surface area (Å²) in [6.45, 7) is 0. The van der Waals surface area contributed by atoms with E-state index >= 15 is 0 Å². The predicted molar refractivity (Wildman–Crippen MR) is 91.1 cm³/mol. The van der Waals surface area contributed by atoms with E-state index in [2.05, 4.69) is 15.6 Å². The maximum Gasteiger partial charge on any atom is 0.229 e. The minimum absolute atomic E-state index is 0.0170. The fourth-order valence-corrected chi connectivity index (χ4v) is 4.77. The summed E-state index contributed by atoms with van der Waals surface area (Å²) >= 11 is 1.63. The molecule has 1 aromatic rings. The molecular formula is C17H24N4OS. The van der Waals surface area contributed by atoms with E-state index in [9.17, 15) is 4.79 Å². The minimum atomic E-state index is -0.0170. The van der Waals surface area contributed by atoms with Crippen LogP contribution in [0.2, 0.25) is 0 Å². The molecule has 0 unspecified atom stereocenters. The lowest BCUT2D eigenvalue weighted by molar-refractivity contribution is -0.121. The topological polar surface area (TPSA) is 77.8 Å². The third-order valence-electron chi connectivity index (χ3n) is 5.07. The van der Waals surface area contributed by atoms with Gasteiger partial charge in [-0.1, -0.05) is 25.7 Å². The van der Waals surface area contributed by atoms with Crippen LogP contribution in [0.4, 0.5) is 5.13 Å². The van der Waals surface area contributed by atoms with E-state index in [0.29, 0.717) is 5.92 Å². The van der Waals surface area contributed by atoms with Gasteiger partial charge in [0.15, 0.2) is 11.3 Å². The van der Waals surface area contributed by atoms with E-state index in [1.54, 1.807) is 11.3 Å². The van der Waals surface area contributed by atoms with Gasteiger partial charge in [-0.05, 0) is 38.0 Å². The third kappa shape index (κ3) is 4.23. The summed E-state index contributed by atoms with van der Waals surface area (Å²) in [4.78, 5) is 18.2. The fourth-order valence-electron chi connectivity index (χ4n) is 3.78. The number of hydrogen-bond donors (Lipinski definition) is 2. The molecule has 1 aromatic heterocycles. The van der Waals surface area contributed by atoms with Crippen LogP contribution in [0.15, 0.2) is 6.20 Å². The van der Waals surface area contributed by atoms with E-state index in [1.165, 1.54) is 37.0 Å². The standard InChI is InChI=1S/C17H24N4OS/c18-11-20-14-8-4-7-13(9-14)16(22)21-17-19-10-15(23-17)12-5-2-1-3-6-12/h10,12-14,20H,1-9H2,(H,19,21,22)/t13-,14+/m0/s1. The van der Waals surface area contributed by atoms with Crippen LogP contribution in [0, 0.1) is 17.4 Å². The Bertz CT molecular complexity index is 573. The van der Waals surface area contributed by atoms with Crippen molar-refractivity contribution in [3.8, 4) is 6.19 Å². The largest absolute Gasteiger partial charge is 0.321 e. The highest BCUT2D eigenvalue weighted by atomic mass is 32.1. The summed E-state index contributed by atoms with van der Waals surface area (Å²) in [7, 11) is 0. The second-order valence-electron chi connectivity index (χ2n) is 6.71. The molecule has 0 saturated heterocycles. The second kappa shape index (κ2) is 7.78. The molecule has 2 saturated carbocycles. The Morgan fingerprint density at radius 2 is 2.04 bits per heavy atom. The normalized spacial score (nSPS) is 25.5. The van der Waals surface area contributed by atoms with E-state index in [-0.39, 0.29) is 17.9 Å². The van der Waals surface area contributed by atoms with Gasteiger partial charge < -0.3 is 10.6 Å². The lowest BCUT2D eigenvalue weighted by atomic mass is 9.85. The van der Waals surface area contributed by atoms with Crippen molar-refractivity contribution in [3.05, 3.63) is 11.1 Å². The molecule has 1 amide bonds. The van der Waals surface area contributed by atoms with E-state index in [1.807, 2.05) is 12.4 Å². The zero-order valence-electron chi connectivity index (χ0n) is 13.4. The number of nitrogens with one attached hydrogen (secondary N) is 2. The van der Waals surface area contributed by atoms with Crippen LogP contribution >= 0.6 is 11.3 Å². The van der Waals surface area contributed by atoms with Crippen LogP contribution in [0.3, 0.4) is 0 Å². The average Bonchev–Trinajstić information content (AvgIpc) is 3.05. The van der Waals surface area contributed by atoms with E-state index < -0.39 is 0 Å². The zero-order chi connectivity index (χ0) is 16.1. The number of aromatic nitrogens is 1. The maximum absolute atomic E-state index is 12.4. The molecule has 2 fully saturated rings. The summed E-state index contributed by atoms with van der Waals surface area (Å²) in [5, 5.41) is 15.2. The van der Waals surface area contributed by atoms with Crippen molar-refractivity contribution < 1.29 is 4.79 Å². The number of carbonyl (C=O) groups is 1. The molecule has 2 aliphatic carbocycles. The van der Waals surface area contributed by atoms with Gasteiger partial charge in [-0.15, -0.1) is 11.3 Å². The molecule has 2 N–H and O–H groups in total. The Hall–Kier alpha value is -1.61. The van der Waals surface area contributed by atoms with Gasteiger partial charge in [-0.2, -0.15) is 5.26 Å². The summed E-state index contributed by atoms with van der Waals surface area (Å²) in [5.41, 5.74) is 0. The Morgan fingerprint density at radius 3 is 2.83 bits per heavy atom. The SMILES string of the molecule is N#CN[C@@H]1CCC[C@H](C(=O)Nc2ncc(C3CCCCC3)s2)C1. The van der Waals surface area contributed by atoms with Crippen LogP contribution < -0.4 is 10.6 Å². The molecule has 6 heteroatoms. The lowest BCUT2D eigenvalue weighted by Gasteiger charge is -2.27. The van der Waals surface area contributed by atoms with Crippen molar-refractivity contribution in [1.29, 1.82) is 5.26 Å². The van der Waals surface area contributed by atoms with Crippen LogP contribution in [0.1, 0.15) is 68.6 Å². The number of hydrogen-bond acceptors (Lipinski definition) is 5. The quantitative estimate of drug-likeness (QED) is 0.650. The number of nitrogens with zero attached hydrogens (tertiary/aromatic N) is 2. The Labute approximate surface area is 141 Å². The van der Waals surface area contributed by atoms with Crippen molar-refractivity contribution in [2.24, 2.45) is 5.92 Å². The van der Waals surface area contributed by atoms with Crippen molar-refractivity contribution in [2.75, 3.05) is 5.32 Å². The van der Waals surface area contributed by atoms with Gasteiger partial charge >= 0.3 is 0 Å². The summed E-state index contributed by atoms with van der Waals surface area (Å²) in [5.74, 6) is 0.668. The molecule has 124 valence electrons. The molecule has 5 nitrogen and oxygen atoms in total. The molecule has 0 aliphatic heterocycles. The number of thiazole rings is 1. The van der Waals surface area contributed by atoms with Crippen molar-refractivity contribution >= 4 is 22.4 Å². The maximum atomic E-state index is 12.4. The highest BCUT2D eigenvalue weighted by Gasteiger charge is 2.28. The summed E-state index contributed by atoms with van der Waals surface area (Å²) in [6.07, 6.45) is 14.0. The average molecular weight is 332 g/mol. The molecule has 3 rings (SSSR count). The first kappa shape index (κ1) is 16.3. The van der Waals surface area contributed by atoms with Gasteiger partial charge in [-0.3, -0.25) is 4.79 Å². The first-order valence-corrected chi connectivity index (χ1v) is 9.49. The molecule has 23 heavy (non-hydrogen) atoms. The molecule has 0 spiro atoms. The second-order valence-corrected chi connectivity index (χ2v) is 7.77. The third-order valence-corrected chi connectivity index (χ3v) is 6.15. The number of rotatable bonds is 4. The van der Waals surface area contributed by atoms with Crippen molar-refractivity contribution in [3.63, 3.8) is 0 Å². The predicted octanol–water partition coefficient (Wildman–Crippen LogP) is 3.76. The van der Waals surface area contributed by atoms with Crippen LogP contribution in [0.5, 0.6) is 0 Å². The molecule has 0 bridgehead atoms. The van der Waals surface area contributed by atoms with Crippen LogP contribution in [-0.2, 0) is 4.79 Å². The molecule has 1 heterocycles. The number of nitriles is 1. The highest BCUT2D eigenvalue weighted by Crippen LogP contribution is 2.37. The van der Waals surface area contributed by atoms with Gasteiger partial charge in [0.25, 0.3) is 0 Å². The smallest absolute Gasteiger partial charge is 0.229 e. The molecule has 2 aliphatic rings. The van der Waals surface area contributed by atoms with Crippen molar-refractivity contribution in [1.82, 2.24) is 10.3 Å².